The Morgan fingerprint density at radius 3 is 2.50 bits per heavy atom. The van der Waals surface area contributed by atoms with Crippen molar-refractivity contribution in [3.8, 4) is 0 Å². The average molecular weight is 425 g/mol. The molecule has 0 bridgehead atoms. The average Bonchev–Trinajstić information content (AvgIpc) is 2.94. The molecular weight excluding hydrogens is 391 g/mol. The molecule has 0 radical (unpaired) electrons. The van der Waals surface area contributed by atoms with Crippen LogP contribution in [0.5, 0.6) is 0 Å². The van der Waals surface area contributed by atoms with Gasteiger partial charge in [-0.1, -0.05) is 13.8 Å². The van der Waals surface area contributed by atoms with Crippen LogP contribution in [-0.2, 0) is 19.1 Å². The van der Waals surface area contributed by atoms with Crippen LogP contribution in [0.4, 0.5) is 4.39 Å². The van der Waals surface area contributed by atoms with E-state index < -0.39 is 52.5 Å². The lowest BCUT2D eigenvalue weighted by Gasteiger charge is -2.65. The molecule has 0 aromatic carbocycles. The molecule has 0 heterocycles. The van der Waals surface area contributed by atoms with Gasteiger partial charge in [0.15, 0.2) is 6.61 Å². The maximum atomic E-state index is 17.0. The maximum Gasteiger partial charge on any atom is 0.303 e. The largest absolute Gasteiger partial charge is 0.458 e. The van der Waals surface area contributed by atoms with Crippen LogP contribution in [-0.4, -0.2) is 51.7 Å². The van der Waals surface area contributed by atoms with Crippen LogP contribution in [0, 0.1) is 28.6 Å². The van der Waals surface area contributed by atoms with Gasteiger partial charge in [0.1, 0.15) is 17.1 Å². The predicted octanol–water partition coefficient (Wildman–Crippen LogP) is 2.52. The minimum absolute atomic E-state index is 0.0246. The third kappa shape index (κ3) is 2.63. The van der Waals surface area contributed by atoms with Crippen molar-refractivity contribution in [3.05, 3.63) is 0 Å². The molecule has 0 aliphatic heterocycles. The van der Waals surface area contributed by atoms with Crippen LogP contribution in [0.1, 0.15) is 72.1 Å². The van der Waals surface area contributed by atoms with E-state index in [0.29, 0.717) is 32.1 Å². The van der Waals surface area contributed by atoms with E-state index in [9.17, 15) is 24.6 Å². The van der Waals surface area contributed by atoms with E-state index >= 15 is 4.39 Å². The Morgan fingerprint density at radius 2 is 1.83 bits per heavy atom. The highest BCUT2D eigenvalue weighted by atomic mass is 19.1. The predicted molar refractivity (Wildman–Crippen MR) is 105 cm³/mol. The molecule has 0 amide bonds. The molecule has 4 rings (SSSR count). The van der Waals surface area contributed by atoms with Gasteiger partial charge in [0, 0.05) is 30.6 Å². The topological polar surface area (TPSA) is 101 Å². The van der Waals surface area contributed by atoms with Gasteiger partial charge in [0.25, 0.3) is 0 Å². The number of ketones is 2. The van der Waals surface area contributed by atoms with Gasteiger partial charge in [-0.25, -0.2) is 4.39 Å². The SMILES string of the molecule is CC(=O)OCC(=O)[C@@]1(O)CC[C@H]2[C@@H]3CC[C@H]4CC(=O)CC[C@]4(C)[C@@]3(F)[C@@H](O)C[C@@]21C. The number of alkyl halides is 1. The van der Waals surface area contributed by atoms with Crippen LogP contribution in [0.3, 0.4) is 0 Å². The number of hydrogen-bond acceptors (Lipinski definition) is 6. The molecular formula is C23H33FO6. The van der Waals surface area contributed by atoms with Crippen LogP contribution in [0.2, 0.25) is 0 Å². The fourth-order valence-electron chi connectivity index (χ4n) is 7.80. The summed E-state index contributed by atoms with van der Waals surface area (Å²) >= 11 is 0. The minimum atomic E-state index is -1.84. The quantitative estimate of drug-likeness (QED) is 0.675. The van der Waals surface area contributed by atoms with Crippen LogP contribution < -0.4 is 0 Å². The molecule has 30 heavy (non-hydrogen) atoms. The molecule has 8 atom stereocenters. The summed E-state index contributed by atoms with van der Waals surface area (Å²) in [6.07, 6.45) is 1.71. The zero-order valence-corrected chi connectivity index (χ0v) is 18.1. The first kappa shape index (κ1) is 21.9. The molecule has 0 aromatic heterocycles. The first-order valence-corrected chi connectivity index (χ1v) is 11.2. The summed E-state index contributed by atoms with van der Waals surface area (Å²) in [6, 6.07) is 0. The maximum absolute atomic E-state index is 17.0. The smallest absolute Gasteiger partial charge is 0.303 e. The highest BCUT2D eigenvalue weighted by Crippen LogP contribution is 2.70. The lowest BCUT2D eigenvalue weighted by molar-refractivity contribution is -0.254. The molecule has 4 aliphatic carbocycles. The Balaban J connectivity index is 1.68. The van der Waals surface area contributed by atoms with E-state index in [4.69, 9.17) is 4.74 Å². The second-order valence-electron chi connectivity index (χ2n) is 10.7. The van der Waals surface area contributed by atoms with Gasteiger partial charge in [-0.05, 0) is 56.3 Å². The van der Waals surface area contributed by atoms with Crippen LogP contribution in [0.15, 0.2) is 0 Å². The monoisotopic (exact) mass is 424 g/mol. The standard InChI is InChI=1S/C23H33FO6/c1-13(25)30-12-19(28)22(29)9-7-16-17-5-4-14-10-15(26)6-8-20(14,2)23(17,24)18(27)11-21(16,22)3/h14,16-18,27,29H,4-12H2,1-3H3/t14-,16-,17-,18-,20-,21-,22-,23-/m0/s1. The summed E-state index contributed by atoms with van der Waals surface area (Å²) in [6.45, 7) is 4.34. The lowest BCUT2D eigenvalue weighted by atomic mass is 9.42. The summed E-state index contributed by atoms with van der Waals surface area (Å²) in [5.74, 6) is -1.82. The Bertz CT molecular complexity index is 784. The summed E-state index contributed by atoms with van der Waals surface area (Å²) < 4.78 is 21.8. The van der Waals surface area contributed by atoms with E-state index in [2.05, 4.69) is 0 Å². The molecule has 0 aromatic rings. The van der Waals surface area contributed by atoms with Crippen LogP contribution >= 0.6 is 0 Å². The molecule has 0 spiro atoms. The van der Waals surface area contributed by atoms with Crippen molar-refractivity contribution in [2.24, 2.45) is 28.6 Å². The van der Waals surface area contributed by atoms with Gasteiger partial charge in [0.2, 0.25) is 5.78 Å². The number of halogens is 1. The van der Waals surface area contributed by atoms with Crippen molar-refractivity contribution >= 4 is 17.5 Å². The van der Waals surface area contributed by atoms with Crippen molar-refractivity contribution in [1.29, 1.82) is 0 Å². The number of Topliss-reactive ketones (excluding diaryl/α,β-unsaturated/α-hetero) is 2. The number of aliphatic hydroxyl groups excluding tert-OH is 1. The third-order valence-electron chi connectivity index (χ3n) is 9.58. The van der Waals surface area contributed by atoms with E-state index in [1.54, 1.807) is 6.92 Å². The minimum Gasteiger partial charge on any atom is -0.458 e. The first-order chi connectivity index (χ1) is 13.9. The van der Waals surface area contributed by atoms with E-state index in [1.165, 1.54) is 6.92 Å². The molecule has 2 N–H and O–H groups in total. The van der Waals surface area contributed by atoms with Gasteiger partial charge in [-0.15, -0.1) is 0 Å². The van der Waals surface area contributed by atoms with E-state index in [-0.39, 0.29) is 30.5 Å². The first-order valence-electron chi connectivity index (χ1n) is 11.2. The number of esters is 1. The van der Waals surface area contributed by atoms with Gasteiger partial charge < -0.3 is 14.9 Å². The Kier molecular flexibility index (Phi) is 4.98. The summed E-state index contributed by atoms with van der Waals surface area (Å²) in [4.78, 5) is 36.0. The summed E-state index contributed by atoms with van der Waals surface area (Å²) in [5, 5.41) is 22.6. The number of fused-ring (bicyclic) bond motifs is 5. The van der Waals surface area contributed by atoms with Gasteiger partial charge in [-0.2, -0.15) is 0 Å². The highest BCUT2D eigenvalue weighted by Gasteiger charge is 2.75. The Labute approximate surface area is 176 Å². The number of carbonyl (C=O) groups is 3. The molecule has 4 fully saturated rings. The Hall–Kier alpha value is -1.34. The van der Waals surface area contributed by atoms with Crippen molar-refractivity contribution in [2.45, 2.75) is 89.5 Å². The van der Waals surface area contributed by atoms with Crippen molar-refractivity contribution in [2.75, 3.05) is 6.61 Å². The lowest BCUT2D eigenvalue weighted by Crippen LogP contribution is -2.71. The fourth-order valence-corrected chi connectivity index (χ4v) is 7.80. The van der Waals surface area contributed by atoms with E-state index in [1.807, 2.05) is 6.92 Å². The fraction of sp³-hybridized carbons (Fsp3) is 0.870. The van der Waals surface area contributed by atoms with Gasteiger partial charge in [0.05, 0.1) is 6.10 Å². The number of aliphatic hydroxyl groups is 2. The van der Waals surface area contributed by atoms with Gasteiger partial charge in [-0.3, -0.25) is 14.4 Å². The third-order valence-corrected chi connectivity index (χ3v) is 9.58. The molecule has 6 nitrogen and oxygen atoms in total. The van der Waals surface area contributed by atoms with Crippen molar-refractivity contribution in [3.63, 3.8) is 0 Å². The molecule has 4 aliphatic rings. The molecule has 0 unspecified atom stereocenters. The second kappa shape index (κ2) is 6.83. The summed E-state index contributed by atoms with van der Waals surface area (Å²) in [5.41, 5.74) is -5.37. The molecule has 0 saturated heterocycles. The van der Waals surface area contributed by atoms with Crippen LogP contribution in [0.25, 0.3) is 0 Å². The zero-order chi connectivity index (χ0) is 22.1. The molecule has 7 heteroatoms. The number of hydrogen-bond donors (Lipinski definition) is 2. The Morgan fingerprint density at radius 1 is 1.13 bits per heavy atom. The highest BCUT2D eigenvalue weighted by molar-refractivity contribution is 5.91. The molecule has 4 saturated carbocycles. The number of rotatable bonds is 3. The second-order valence-corrected chi connectivity index (χ2v) is 10.7. The van der Waals surface area contributed by atoms with Crippen molar-refractivity contribution < 1.29 is 33.7 Å². The van der Waals surface area contributed by atoms with E-state index in [0.717, 1.165) is 6.42 Å². The van der Waals surface area contributed by atoms with Crippen molar-refractivity contribution in [1.82, 2.24) is 0 Å². The molecule has 168 valence electrons. The number of carbonyl (C=O) groups excluding carboxylic acids is 3. The number of ether oxygens (including phenoxy) is 1. The summed E-state index contributed by atoms with van der Waals surface area (Å²) in [7, 11) is 0. The van der Waals surface area contributed by atoms with Gasteiger partial charge >= 0.3 is 5.97 Å². The normalized spacial score (nSPS) is 50.3. The zero-order valence-electron chi connectivity index (χ0n) is 18.1.